The lowest BCUT2D eigenvalue weighted by atomic mass is 9.99. The Balaban J connectivity index is 1.29. The van der Waals surface area contributed by atoms with Crippen molar-refractivity contribution in [1.82, 2.24) is 0 Å². The van der Waals surface area contributed by atoms with Gasteiger partial charge in [-0.1, -0.05) is 42.5 Å². The van der Waals surface area contributed by atoms with E-state index in [4.69, 9.17) is 23.7 Å². The number of esters is 1. The molecule has 0 unspecified atom stereocenters. The van der Waals surface area contributed by atoms with Crippen LogP contribution in [0.1, 0.15) is 17.2 Å². The van der Waals surface area contributed by atoms with Gasteiger partial charge in [-0.15, -0.1) is 0 Å². The summed E-state index contributed by atoms with van der Waals surface area (Å²) < 4.78 is 27.0. The monoisotopic (exact) mass is 573 g/mol. The molecule has 2 fully saturated rings. The SMILES string of the molecule is N#C[C@H](O[C@@H]1O[C@H](CO[C@@H]2OC[C@](O)(COC(=O)/C=C/c3ccc(O)cc3)[C@H]2O)[C@@H](O)[C@H](O)[C@H]1O)c1ccccc1. The quantitative estimate of drug-likeness (QED) is 0.157. The van der Waals surface area contributed by atoms with Crippen molar-refractivity contribution in [2.45, 2.75) is 54.8 Å². The normalized spacial score (nSPS) is 32.4. The maximum absolute atomic E-state index is 12.1. The lowest BCUT2D eigenvalue weighted by molar-refractivity contribution is -0.315. The van der Waals surface area contributed by atoms with Gasteiger partial charge in [0, 0.05) is 6.08 Å². The summed E-state index contributed by atoms with van der Waals surface area (Å²) >= 11 is 0. The minimum atomic E-state index is -2.00. The van der Waals surface area contributed by atoms with Crippen LogP contribution in [0, 0.1) is 11.3 Å². The highest BCUT2D eigenvalue weighted by Crippen LogP contribution is 2.30. The van der Waals surface area contributed by atoms with Crippen molar-refractivity contribution in [1.29, 1.82) is 5.26 Å². The lowest BCUT2D eigenvalue weighted by Crippen LogP contribution is -2.59. The van der Waals surface area contributed by atoms with Crippen LogP contribution in [0.15, 0.2) is 60.7 Å². The smallest absolute Gasteiger partial charge is 0.330 e. The molecule has 220 valence electrons. The number of hydrogen-bond donors (Lipinski definition) is 6. The fraction of sp³-hybridized carbons (Fsp3) is 0.429. The van der Waals surface area contributed by atoms with Crippen molar-refractivity contribution in [2.75, 3.05) is 19.8 Å². The van der Waals surface area contributed by atoms with Gasteiger partial charge in [0.05, 0.1) is 19.3 Å². The molecular weight excluding hydrogens is 542 g/mol. The molecule has 2 aliphatic rings. The third-order valence-corrected chi connectivity index (χ3v) is 6.66. The van der Waals surface area contributed by atoms with Gasteiger partial charge >= 0.3 is 5.97 Å². The molecule has 2 aromatic rings. The van der Waals surface area contributed by atoms with Gasteiger partial charge in [0.2, 0.25) is 0 Å². The zero-order chi connectivity index (χ0) is 29.6. The fourth-order valence-corrected chi connectivity index (χ4v) is 4.22. The fourth-order valence-electron chi connectivity index (χ4n) is 4.22. The molecule has 13 heteroatoms. The molecule has 41 heavy (non-hydrogen) atoms. The van der Waals surface area contributed by atoms with Crippen molar-refractivity contribution in [2.24, 2.45) is 0 Å². The number of rotatable bonds is 10. The molecule has 0 saturated carbocycles. The summed E-state index contributed by atoms with van der Waals surface area (Å²) in [5.41, 5.74) is -0.898. The second kappa shape index (κ2) is 13.5. The molecule has 2 aliphatic heterocycles. The van der Waals surface area contributed by atoms with Crippen LogP contribution < -0.4 is 0 Å². The van der Waals surface area contributed by atoms with Gasteiger partial charge in [0.1, 0.15) is 42.9 Å². The van der Waals surface area contributed by atoms with Crippen molar-refractivity contribution in [3.63, 3.8) is 0 Å². The van der Waals surface area contributed by atoms with Crippen LogP contribution in [0.4, 0.5) is 0 Å². The maximum atomic E-state index is 12.1. The molecule has 0 aromatic heterocycles. The molecular formula is C28H31NO12. The average Bonchev–Trinajstić information content (AvgIpc) is 3.27. The van der Waals surface area contributed by atoms with Crippen LogP contribution in [0.25, 0.3) is 6.08 Å². The molecule has 6 N–H and O–H groups in total. The number of nitrogens with zero attached hydrogens (tertiary/aromatic N) is 1. The summed E-state index contributed by atoms with van der Waals surface area (Å²) in [5.74, 6) is -0.729. The highest BCUT2D eigenvalue weighted by molar-refractivity contribution is 5.87. The average molecular weight is 574 g/mol. The van der Waals surface area contributed by atoms with Crippen LogP contribution in [0.5, 0.6) is 5.75 Å². The molecule has 0 aliphatic carbocycles. The summed E-state index contributed by atoms with van der Waals surface area (Å²) in [6.45, 7) is -1.54. The van der Waals surface area contributed by atoms with Crippen molar-refractivity contribution < 1.29 is 59.1 Å². The van der Waals surface area contributed by atoms with Gasteiger partial charge in [-0.3, -0.25) is 0 Å². The molecule has 2 heterocycles. The molecule has 0 spiro atoms. The Bertz CT molecular complexity index is 1220. The van der Waals surface area contributed by atoms with E-state index in [1.54, 1.807) is 42.5 Å². The predicted molar refractivity (Wildman–Crippen MR) is 137 cm³/mol. The van der Waals surface area contributed by atoms with Gasteiger partial charge in [0.25, 0.3) is 0 Å². The topological polar surface area (TPSA) is 208 Å². The Morgan fingerprint density at radius 3 is 2.44 bits per heavy atom. The highest BCUT2D eigenvalue weighted by Gasteiger charge is 2.51. The third kappa shape index (κ3) is 7.46. The number of aliphatic hydroxyl groups is 5. The van der Waals surface area contributed by atoms with Crippen LogP contribution in [-0.2, 0) is 28.5 Å². The summed E-state index contributed by atoms with van der Waals surface area (Å²) in [6.07, 6.45) is -9.48. The van der Waals surface area contributed by atoms with Crippen molar-refractivity contribution in [3.05, 3.63) is 71.8 Å². The number of hydrogen-bond acceptors (Lipinski definition) is 13. The van der Waals surface area contributed by atoms with Gasteiger partial charge < -0.3 is 54.3 Å². The molecule has 9 atom stereocenters. The van der Waals surface area contributed by atoms with Gasteiger partial charge in [-0.05, 0) is 29.3 Å². The Hall–Kier alpha value is -3.42. The standard InChI is InChI=1S/C28H31NO12/c29-12-19(17-4-2-1-3-5-17)40-26-24(34)23(33)22(32)20(41-26)13-37-27-25(35)28(36,15-39-27)14-38-21(31)11-8-16-6-9-18(30)10-7-16/h1-11,19-20,22-27,30,32-36H,13-15H2/b11-8+/t19-,20+,22+,23-,24+,25-,26+,27+,28+/m0/s1. The first-order chi connectivity index (χ1) is 19.6. The lowest BCUT2D eigenvalue weighted by Gasteiger charge is -2.41. The molecule has 2 saturated heterocycles. The number of benzene rings is 2. The third-order valence-electron chi connectivity index (χ3n) is 6.66. The second-order valence-corrected chi connectivity index (χ2v) is 9.66. The number of aromatic hydroxyl groups is 1. The Morgan fingerprint density at radius 1 is 1.05 bits per heavy atom. The first kappa shape index (κ1) is 30.5. The van der Waals surface area contributed by atoms with Crippen molar-refractivity contribution >= 4 is 12.0 Å². The molecule has 4 rings (SSSR count). The van der Waals surface area contributed by atoms with E-state index < -0.39 is 80.6 Å². The van der Waals surface area contributed by atoms with E-state index in [1.165, 1.54) is 18.2 Å². The number of nitriles is 1. The number of carbonyl (C=O) groups is 1. The number of carbonyl (C=O) groups excluding carboxylic acids is 1. The van der Waals surface area contributed by atoms with Crippen LogP contribution in [0.2, 0.25) is 0 Å². The first-order valence-corrected chi connectivity index (χ1v) is 12.7. The van der Waals surface area contributed by atoms with E-state index in [2.05, 4.69) is 0 Å². The van der Waals surface area contributed by atoms with Crippen molar-refractivity contribution in [3.8, 4) is 11.8 Å². The van der Waals surface area contributed by atoms with Crippen LogP contribution in [0.3, 0.4) is 0 Å². The zero-order valence-corrected chi connectivity index (χ0v) is 21.7. The summed E-state index contributed by atoms with van der Waals surface area (Å²) in [6, 6.07) is 16.4. The summed E-state index contributed by atoms with van der Waals surface area (Å²) in [4.78, 5) is 12.1. The number of phenols is 1. The largest absolute Gasteiger partial charge is 0.508 e. The van der Waals surface area contributed by atoms with E-state index >= 15 is 0 Å². The summed E-state index contributed by atoms with van der Waals surface area (Å²) in [7, 11) is 0. The molecule has 0 bridgehead atoms. The summed E-state index contributed by atoms with van der Waals surface area (Å²) in [5, 5.41) is 71.3. The van der Waals surface area contributed by atoms with E-state index in [-0.39, 0.29) is 5.75 Å². The van der Waals surface area contributed by atoms with Crippen LogP contribution >= 0.6 is 0 Å². The molecule has 0 radical (unpaired) electrons. The maximum Gasteiger partial charge on any atom is 0.330 e. The molecule has 13 nitrogen and oxygen atoms in total. The highest BCUT2D eigenvalue weighted by atomic mass is 16.7. The molecule has 2 aromatic carbocycles. The Labute approximate surface area is 235 Å². The van der Waals surface area contributed by atoms with E-state index in [9.17, 15) is 40.7 Å². The molecule has 0 amide bonds. The van der Waals surface area contributed by atoms with Gasteiger partial charge in [-0.2, -0.15) is 5.26 Å². The first-order valence-electron chi connectivity index (χ1n) is 12.7. The Morgan fingerprint density at radius 2 is 1.76 bits per heavy atom. The van der Waals surface area contributed by atoms with E-state index in [0.717, 1.165) is 6.08 Å². The zero-order valence-electron chi connectivity index (χ0n) is 21.7. The van der Waals surface area contributed by atoms with Crippen LogP contribution in [-0.4, -0.2) is 105 Å². The Kier molecular flexibility index (Phi) is 10.1. The number of aliphatic hydroxyl groups excluding tert-OH is 4. The second-order valence-electron chi connectivity index (χ2n) is 9.66. The number of phenolic OH excluding ortho intramolecular Hbond substituents is 1. The minimum absolute atomic E-state index is 0.0705. The van der Waals surface area contributed by atoms with E-state index in [1.807, 2.05) is 6.07 Å². The van der Waals surface area contributed by atoms with E-state index in [0.29, 0.717) is 11.1 Å². The predicted octanol–water partition coefficient (Wildman–Crippen LogP) is -0.497. The minimum Gasteiger partial charge on any atom is -0.508 e. The number of ether oxygens (including phenoxy) is 5. The van der Waals surface area contributed by atoms with Gasteiger partial charge in [-0.25, -0.2) is 4.79 Å². The van der Waals surface area contributed by atoms with Gasteiger partial charge in [0.15, 0.2) is 24.3 Å².